The zero-order valence-corrected chi connectivity index (χ0v) is 8.22. The average molecular weight is 177 g/mol. The maximum absolute atomic E-state index is 5.32. The van der Waals surface area contributed by atoms with Gasteiger partial charge in [-0.15, -0.1) is 0 Å². The summed E-state index contributed by atoms with van der Waals surface area (Å²) in [6.45, 7) is 0. The van der Waals surface area contributed by atoms with Gasteiger partial charge in [0.15, 0.2) is 0 Å². The van der Waals surface area contributed by atoms with Gasteiger partial charge in [-0.2, -0.15) is 0 Å². The Hall–Kier alpha value is -0.467. The number of anilines is 1. The summed E-state index contributed by atoms with van der Waals surface area (Å²) in [6, 6.07) is 3.50. The summed E-state index contributed by atoms with van der Waals surface area (Å²) in [5.41, 5.74) is 6.08. The molecule has 0 aromatic carbocycles. The van der Waals surface area contributed by atoms with Crippen LogP contribution < -0.4 is 11.9 Å². The van der Waals surface area contributed by atoms with Gasteiger partial charge in [-0.1, -0.05) is 0 Å². The number of rotatable bonds is 0. The van der Waals surface area contributed by atoms with Crippen molar-refractivity contribution < 1.29 is 19.5 Å². The number of nitrogens with two attached hydrogens (primary N) is 1. The van der Waals surface area contributed by atoms with Gasteiger partial charge in [0, 0.05) is 37.6 Å². The van der Waals surface area contributed by atoms with E-state index in [1.54, 1.807) is 24.5 Å². The zero-order chi connectivity index (χ0) is 5.11. The first-order valence-electron chi connectivity index (χ1n) is 2.05. The zero-order valence-electron chi connectivity index (χ0n) is 5.25. The van der Waals surface area contributed by atoms with Crippen LogP contribution in [0.25, 0.3) is 0 Å². The fraction of sp³-hybridized carbons (Fsp3) is 0. The minimum atomic E-state index is 0. The minimum absolute atomic E-state index is 0. The van der Waals surface area contributed by atoms with Crippen molar-refractivity contribution in [3.8, 4) is 0 Å². The summed E-state index contributed by atoms with van der Waals surface area (Å²) in [7, 11) is 0. The van der Waals surface area contributed by atoms with E-state index < -0.39 is 0 Å². The number of nitrogen functional groups attached to an aromatic ring is 1. The topological polar surface area (TPSA) is 73.9 Å². The van der Waals surface area contributed by atoms with E-state index >= 15 is 0 Å². The Kier molecular flexibility index (Phi) is 7.14. The third-order valence-corrected chi connectivity index (χ3v) is 0.706. The molecule has 0 radical (unpaired) electrons. The molecule has 46 valence electrons. The molecule has 0 aliphatic rings. The SMILES string of the molecule is N.Nc1ccncc1.[Zn]. The maximum Gasteiger partial charge on any atom is 0.0344 e. The molecule has 0 unspecified atom stereocenters. The van der Waals surface area contributed by atoms with Gasteiger partial charge in [-0.05, 0) is 12.1 Å². The van der Waals surface area contributed by atoms with Gasteiger partial charge in [-0.25, -0.2) is 0 Å². The predicted molar refractivity (Wildman–Crippen MR) is 33.7 cm³/mol. The number of nitrogens with zero attached hydrogens (tertiary/aromatic N) is 1. The Labute approximate surface area is 67.0 Å². The smallest absolute Gasteiger partial charge is 0.0344 e. The molecule has 0 amide bonds. The van der Waals surface area contributed by atoms with Crippen LogP contribution in [-0.2, 0) is 19.5 Å². The van der Waals surface area contributed by atoms with Crippen LogP contribution in [0.3, 0.4) is 0 Å². The largest absolute Gasteiger partial charge is 0.399 e. The molecule has 0 saturated carbocycles. The van der Waals surface area contributed by atoms with Crippen molar-refractivity contribution in [2.24, 2.45) is 0 Å². The van der Waals surface area contributed by atoms with E-state index in [1.165, 1.54) is 0 Å². The molecule has 0 bridgehead atoms. The second-order valence-electron chi connectivity index (χ2n) is 1.28. The maximum atomic E-state index is 5.32. The third-order valence-electron chi connectivity index (χ3n) is 0.706. The normalized spacial score (nSPS) is 6.67. The molecule has 1 rings (SSSR count). The van der Waals surface area contributed by atoms with Crippen LogP contribution in [0.15, 0.2) is 24.5 Å². The first-order chi connectivity index (χ1) is 3.39. The first-order valence-corrected chi connectivity index (χ1v) is 2.05. The van der Waals surface area contributed by atoms with Crippen molar-refractivity contribution in [3.05, 3.63) is 24.5 Å². The molecule has 0 aliphatic carbocycles. The van der Waals surface area contributed by atoms with E-state index in [0.717, 1.165) is 5.69 Å². The predicted octanol–water partition coefficient (Wildman–Crippen LogP) is 0.823. The molecule has 0 aliphatic heterocycles. The number of pyridine rings is 1. The Morgan fingerprint density at radius 1 is 1.22 bits per heavy atom. The van der Waals surface area contributed by atoms with Crippen molar-refractivity contribution in [1.29, 1.82) is 0 Å². The average Bonchev–Trinajstić information content (AvgIpc) is 1.69. The third kappa shape index (κ3) is 4.06. The van der Waals surface area contributed by atoms with Crippen LogP contribution in [-0.4, -0.2) is 4.98 Å². The van der Waals surface area contributed by atoms with Crippen LogP contribution in [0, 0.1) is 0 Å². The van der Waals surface area contributed by atoms with Gasteiger partial charge in [0.1, 0.15) is 0 Å². The molecular formula is C5H9N3Zn. The molecule has 0 saturated heterocycles. The second kappa shape index (κ2) is 5.67. The van der Waals surface area contributed by atoms with E-state index in [4.69, 9.17) is 5.73 Å². The van der Waals surface area contributed by atoms with E-state index in [0.29, 0.717) is 0 Å². The standard InChI is InChI=1S/C5H6N2.H3N.Zn/c6-5-1-3-7-4-2-5;;/h1-4H,(H2,6,7);1H3;. The quantitative estimate of drug-likeness (QED) is 0.575. The Bertz CT molecular complexity index is 142. The van der Waals surface area contributed by atoms with E-state index in [9.17, 15) is 0 Å². The van der Waals surface area contributed by atoms with Crippen LogP contribution >= 0.6 is 0 Å². The molecule has 0 spiro atoms. The van der Waals surface area contributed by atoms with Crippen LogP contribution in [0.5, 0.6) is 0 Å². The monoisotopic (exact) mass is 175 g/mol. The van der Waals surface area contributed by atoms with Gasteiger partial charge < -0.3 is 11.9 Å². The van der Waals surface area contributed by atoms with Gasteiger partial charge in [-0.3, -0.25) is 4.98 Å². The Morgan fingerprint density at radius 2 is 1.67 bits per heavy atom. The summed E-state index contributed by atoms with van der Waals surface area (Å²) in [6.07, 6.45) is 3.32. The number of aromatic nitrogens is 1. The molecule has 5 N–H and O–H groups in total. The molecule has 1 aromatic heterocycles. The molecule has 1 aromatic rings. The summed E-state index contributed by atoms with van der Waals surface area (Å²) in [4.78, 5) is 3.77. The Morgan fingerprint density at radius 3 is 1.89 bits per heavy atom. The molecule has 0 fully saturated rings. The fourth-order valence-corrected chi connectivity index (χ4v) is 0.363. The van der Waals surface area contributed by atoms with E-state index in [2.05, 4.69) is 4.98 Å². The first kappa shape index (κ1) is 11.3. The van der Waals surface area contributed by atoms with Crippen molar-refractivity contribution in [3.63, 3.8) is 0 Å². The van der Waals surface area contributed by atoms with Gasteiger partial charge in [0.05, 0.1) is 0 Å². The van der Waals surface area contributed by atoms with Crippen molar-refractivity contribution in [2.45, 2.75) is 0 Å². The minimum Gasteiger partial charge on any atom is -0.399 e. The van der Waals surface area contributed by atoms with Gasteiger partial charge in [0.2, 0.25) is 0 Å². The molecule has 1 heterocycles. The van der Waals surface area contributed by atoms with Crippen LogP contribution in [0.2, 0.25) is 0 Å². The molecular weight excluding hydrogens is 167 g/mol. The summed E-state index contributed by atoms with van der Waals surface area (Å²) in [5, 5.41) is 0. The van der Waals surface area contributed by atoms with Crippen molar-refractivity contribution in [2.75, 3.05) is 5.73 Å². The van der Waals surface area contributed by atoms with Gasteiger partial charge >= 0.3 is 0 Å². The number of hydrogen-bond donors (Lipinski definition) is 2. The van der Waals surface area contributed by atoms with Gasteiger partial charge in [0.25, 0.3) is 0 Å². The van der Waals surface area contributed by atoms with Crippen LogP contribution in [0.4, 0.5) is 5.69 Å². The Balaban J connectivity index is 0. The molecule has 3 nitrogen and oxygen atoms in total. The van der Waals surface area contributed by atoms with Crippen molar-refractivity contribution >= 4 is 5.69 Å². The fourth-order valence-electron chi connectivity index (χ4n) is 0.363. The summed E-state index contributed by atoms with van der Waals surface area (Å²) >= 11 is 0. The molecule has 9 heavy (non-hydrogen) atoms. The van der Waals surface area contributed by atoms with E-state index in [1.807, 2.05) is 0 Å². The molecule has 0 atom stereocenters. The second-order valence-corrected chi connectivity index (χ2v) is 1.28. The summed E-state index contributed by atoms with van der Waals surface area (Å²) < 4.78 is 0. The number of hydrogen-bond acceptors (Lipinski definition) is 3. The van der Waals surface area contributed by atoms with Crippen LogP contribution in [0.1, 0.15) is 0 Å². The van der Waals surface area contributed by atoms with E-state index in [-0.39, 0.29) is 25.6 Å². The molecule has 4 heteroatoms. The summed E-state index contributed by atoms with van der Waals surface area (Å²) in [5.74, 6) is 0. The van der Waals surface area contributed by atoms with Crippen molar-refractivity contribution in [1.82, 2.24) is 11.1 Å².